The largest absolute Gasteiger partial charge is 0.490 e. The molecule has 4 amide bonds. The van der Waals surface area contributed by atoms with Gasteiger partial charge in [-0.25, -0.2) is 9.69 Å². The Balaban J connectivity index is 1.94. The molecule has 0 radical (unpaired) electrons. The van der Waals surface area contributed by atoms with Crippen LogP contribution in [0.15, 0.2) is 48.0 Å². The Labute approximate surface area is 183 Å². The number of ether oxygens (including phenoxy) is 2. The van der Waals surface area contributed by atoms with Crippen LogP contribution in [0.2, 0.25) is 0 Å². The Hall–Kier alpha value is -4.21. The number of urea groups is 1. The normalized spacial score (nSPS) is 15.0. The fourth-order valence-electron chi connectivity index (χ4n) is 3.00. The van der Waals surface area contributed by atoms with E-state index in [0.29, 0.717) is 30.3 Å². The van der Waals surface area contributed by atoms with Crippen LogP contribution in [0.1, 0.15) is 25.8 Å². The van der Waals surface area contributed by atoms with Crippen molar-refractivity contribution in [2.24, 2.45) is 0 Å². The number of amides is 4. The minimum absolute atomic E-state index is 0.0924. The number of benzene rings is 2. The zero-order valence-electron chi connectivity index (χ0n) is 17.5. The summed E-state index contributed by atoms with van der Waals surface area (Å²) in [6, 6.07) is 8.88. The summed E-state index contributed by atoms with van der Waals surface area (Å²) in [7, 11) is 0. The van der Waals surface area contributed by atoms with E-state index in [9.17, 15) is 24.5 Å². The van der Waals surface area contributed by atoms with Gasteiger partial charge >= 0.3 is 6.03 Å². The van der Waals surface area contributed by atoms with E-state index in [1.807, 2.05) is 13.8 Å². The van der Waals surface area contributed by atoms with Crippen LogP contribution in [0.5, 0.6) is 11.5 Å². The predicted molar refractivity (Wildman–Crippen MR) is 115 cm³/mol. The molecule has 0 spiro atoms. The van der Waals surface area contributed by atoms with Crippen molar-refractivity contribution in [3.8, 4) is 11.5 Å². The quantitative estimate of drug-likeness (QED) is 0.289. The summed E-state index contributed by atoms with van der Waals surface area (Å²) in [5.41, 5.74) is 0.121. The molecule has 1 saturated heterocycles. The summed E-state index contributed by atoms with van der Waals surface area (Å²) in [5, 5.41) is 13.0. The first-order chi connectivity index (χ1) is 15.3. The number of rotatable bonds is 8. The molecule has 0 atom stereocenters. The van der Waals surface area contributed by atoms with Crippen LogP contribution >= 0.6 is 0 Å². The topological polar surface area (TPSA) is 128 Å². The van der Waals surface area contributed by atoms with Crippen LogP contribution in [-0.4, -0.2) is 36.0 Å². The smallest absolute Gasteiger partial charge is 0.335 e. The Morgan fingerprint density at radius 2 is 1.75 bits per heavy atom. The van der Waals surface area contributed by atoms with E-state index in [2.05, 4.69) is 5.32 Å². The molecule has 1 aliphatic heterocycles. The van der Waals surface area contributed by atoms with E-state index in [0.717, 1.165) is 11.3 Å². The predicted octanol–water partition coefficient (Wildman–Crippen LogP) is 3.45. The standard InChI is InChI=1S/C22H21N3O7/c1-3-11-32-18-10-5-14(13-19(18)31-4-2)12-17-20(26)23-22(28)24(21(17)27)15-6-8-16(9-7-15)25(29)30/h5-10,12-13H,3-4,11H2,1-2H3,(H,23,26,28). The summed E-state index contributed by atoms with van der Waals surface area (Å²) in [6.07, 6.45) is 2.16. The van der Waals surface area contributed by atoms with Crippen LogP contribution in [-0.2, 0) is 9.59 Å². The van der Waals surface area contributed by atoms with Gasteiger partial charge in [-0.05, 0) is 49.2 Å². The second-order valence-corrected chi connectivity index (χ2v) is 6.72. The number of nitro benzene ring substituents is 1. The number of imide groups is 2. The highest BCUT2D eigenvalue weighted by molar-refractivity contribution is 6.39. The van der Waals surface area contributed by atoms with Gasteiger partial charge in [0.2, 0.25) is 0 Å². The zero-order valence-corrected chi connectivity index (χ0v) is 17.5. The minimum atomic E-state index is -0.940. The molecule has 0 unspecified atom stereocenters. The van der Waals surface area contributed by atoms with E-state index >= 15 is 0 Å². The first kappa shape index (κ1) is 22.5. The van der Waals surface area contributed by atoms with E-state index in [1.165, 1.54) is 30.3 Å². The minimum Gasteiger partial charge on any atom is -0.490 e. The highest BCUT2D eigenvalue weighted by Crippen LogP contribution is 2.30. The molecule has 1 heterocycles. The number of carbonyl (C=O) groups excluding carboxylic acids is 3. The van der Waals surface area contributed by atoms with Gasteiger partial charge in [-0.1, -0.05) is 13.0 Å². The van der Waals surface area contributed by atoms with E-state index in [1.54, 1.807) is 18.2 Å². The van der Waals surface area contributed by atoms with Crippen molar-refractivity contribution in [3.63, 3.8) is 0 Å². The Morgan fingerprint density at radius 1 is 1.03 bits per heavy atom. The van der Waals surface area contributed by atoms with Crippen LogP contribution < -0.4 is 19.7 Å². The van der Waals surface area contributed by atoms with Crippen molar-refractivity contribution < 1.29 is 28.8 Å². The first-order valence-electron chi connectivity index (χ1n) is 9.91. The first-order valence-corrected chi connectivity index (χ1v) is 9.91. The number of anilines is 1. The average molecular weight is 439 g/mol. The van der Waals surface area contributed by atoms with Crippen molar-refractivity contribution in [1.29, 1.82) is 0 Å². The molecular weight excluding hydrogens is 418 g/mol. The molecule has 2 aromatic carbocycles. The van der Waals surface area contributed by atoms with Gasteiger partial charge in [0.15, 0.2) is 11.5 Å². The van der Waals surface area contributed by atoms with Crippen molar-refractivity contribution >= 4 is 35.3 Å². The molecule has 1 aliphatic rings. The van der Waals surface area contributed by atoms with Gasteiger partial charge < -0.3 is 9.47 Å². The average Bonchev–Trinajstić information content (AvgIpc) is 2.76. The number of nitro groups is 1. The summed E-state index contributed by atoms with van der Waals surface area (Å²) < 4.78 is 11.2. The fraction of sp³-hybridized carbons (Fsp3) is 0.227. The summed E-state index contributed by atoms with van der Waals surface area (Å²) in [6.45, 7) is 4.70. The zero-order chi connectivity index (χ0) is 23.3. The third-order valence-corrected chi connectivity index (χ3v) is 4.46. The molecule has 3 rings (SSSR count). The second-order valence-electron chi connectivity index (χ2n) is 6.72. The maximum Gasteiger partial charge on any atom is 0.335 e. The molecule has 0 saturated carbocycles. The highest BCUT2D eigenvalue weighted by atomic mass is 16.6. The lowest BCUT2D eigenvalue weighted by Gasteiger charge is -2.26. The van der Waals surface area contributed by atoms with E-state index in [-0.39, 0.29) is 16.9 Å². The van der Waals surface area contributed by atoms with Crippen LogP contribution in [0.25, 0.3) is 6.08 Å². The molecule has 166 valence electrons. The van der Waals surface area contributed by atoms with Crippen molar-refractivity contribution in [2.45, 2.75) is 20.3 Å². The van der Waals surface area contributed by atoms with Gasteiger partial charge in [-0.3, -0.25) is 25.0 Å². The molecule has 0 bridgehead atoms. The van der Waals surface area contributed by atoms with Gasteiger partial charge in [0, 0.05) is 12.1 Å². The number of carbonyl (C=O) groups is 3. The lowest BCUT2D eigenvalue weighted by Crippen LogP contribution is -2.54. The molecule has 0 aromatic heterocycles. The molecule has 32 heavy (non-hydrogen) atoms. The molecule has 1 fully saturated rings. The third kappa shape index (κ3) is 4.75. The van der Waals surface area contributed by atoms with Gasteiger partial charge in [0.25, 0.3) is 17.5 Å². The molecule has 10 heteroatoms. The van der Waals surface area contributed by atoms with Crippen LogP contribution in [0.4, 0.5) is 16.2 Å². The molecular formula is C22H21N3O7. The lowest BCUT2D eigenvalue weighted by atomic mass is 10.1. The van der Waals surface area contributed by atoms with Gasteiger partial charge in [0.05, 0.1) is 23.8 Å². The van der Waals surface area contributed by atoms with Gasteiger partial charge in [0.1, 0.15) is 5.57 Å². The van der Waals surface area contributed by atoms with Crippen LogP contribution in [0.3, 0.4) is 0 Å². The Morgan fingerprint density at radius 3 is 2.38 bits per heavy atom. The number of hydrogen-bond acceptors (Lipinski definition) is 7. The summed E-state index contributed by atoms with van der Waals surface area (Å²) >= 11 is 0. The van der Waals surface area contributed by atoms with E-state index < -0.39 is 22.8 Å². The van der Waals surface area contributed by atoms with Gasteiger partial charge in [-0.15, -0.1) is 0 Å². The second kappa shape index (κ2) is 9.73. The van der Waals surface area contributed by atoms with Crippen LogP contribution in [0, 0.1) is 10.1 Å². The third-order valence-electron chi connectivity index (χ3n) is 4.46. The molecule has 2 aromatic rings. The molecule has 0 aliphatic carbocycles. The Kier molecular flexibility index (Phi) is 6.83. The summed E-state index contributed by atoms with van der Waals surface area (Å²) in [5.74, 6) is -0.695. The maximum atomic E-state index is 13.0. The number of nitrogens with one attached hydrogen (secondary N) is 1. The summed E-state index contributed by atoms with van der Waals surface area (Å²) in [4.78, 5) is 48.6. The van der Waals surface area contributed by atoms with Crippen molar-refractivity contribution in [1.82, 2.24) is 5.32 Å². The maximum absolute atomic E-state index is 13.0. The van der Waals surface area contributed by atoms with Gasteiger partial charge in [-0.2, -0.15) is 0 Å². The fourth-order valence-corrected chi connectivity index (χ4v) is 3.00. The number of nitrogens with zero attached hydrogens (tertiary/aromatic N) is 2. The highest BCUT2D eigenvalue weighted by Gasteiger charge is 2.37. The monoisotopic (exact) mass is 439 g/mol. The lowest BCUT2D eigenvalue weighted by molar-refractivity contribution is -0.384. The molecule has 1 N–H and O–H groups in total. The SMILES string of the molecule is CCCOc1ccc(C=C2C(=O)NC(=O)N(c3ccc([N+](=O)[O-])cc3)C2=O)cc1OCC. The number of hydrogen-bond donors (Lipinski definition) is 1. The molecule has 10 nitrogen and oxygen atoms in total. The van der Waals surface area contributed by atoms with E-state index in [4.69, 9.17) is 9.47 Å². The number of non-ortho nitro benzene ring substituents is 1. The Bertz CT molecular complexity index is 1090. The van der Waals surface area contributed by atoms with Crippen molar-refractivity contribution in [2.75, 3.05) is 18.1 Å². The van der Waals surface area contributed by atoms with Crippen molar-refractivity contribution in [3.05, 3.63) is 63.7 Å². The number of barbiturate groups is 1.